The van der Waals surface area contributed by atoms with Crippen LogP contribution in [0.3, 0.4) is 0 Å². The Morgan fingerprint density at radius 2 is 1.72 bits per heavy atom. The molecule has 1 fully saturated rings. The number of rotatable bonds is 5. The van der Waals surface area contributed by atoms with Gasteiger partial charge in [0.05, 0.1) is 0 Å². The number of amides is 1. The SMILES string of the molecule is CCNC(=NCC1CCC(C(N)=O)CC1)NCC. The molecule has 0 aromatic heterocycles. The molecule has 0 saturated heterocycles. The average molecular weight is 254 g/mol. The number of carbonyl (C=O) groups is 1. The summed E-state index contributed by atoms with van der Waals surface area (Å²) >= 11 is 0. The van der Waals surface area contributed by atoms with Crippen LogP contribution < -0.4 is 16.4 Å². The van der Waals surface area contributed by atoms with E-state index in [4.69, 9.17) is 5.73 Å². The fraction of sp³-hybridized carbons (Fsp3) is 0.846. The fourth-order valence-electron chi connectivity index (χ4n) is 2.36. The van der Waals surface area contributed by atoms with Gasteiger partial charge in [-0.3, -0.25) is 9.79 Å². The number of guanidine groups is 1. The average Bonchev–Trinajstić information content (AvgIpc) is 2.37. The van der Waals surface area contributed by atoms with Crippen LogP contribution in [0.1, 0.15) is 39.5 Å². The lowest BCUT2D eigenvalue weighted by atomic mass is 9.82. The van der Waals surface area contributed by atoms with E-state index < -0.39 is 0 Å². The number of hydrogen-bond donors (Lipinski definition) is 3. The zero-order valence-electron chi connectivity index (χ0n) is 11.5. The number of carbonyl (C=O) groups excluding carboxylic acids is 1. The van der Waals surface area contributed by atoms with E-state index in [0.717, 1.165) is 51.3 Å². The van der Waals surface area contributed by atoms with Gasteiger partial charge in [-0.05, 0) is 45.4 Å². The second kappa shape index (κ2) is 7.95. The lowest BCUT2D eigenvalue weighted by molar-refractivity contribution is -0.122. The molecule has 1 aliphatic rings. The van der Waals surface area contributed by atoms with Crippen LogP contribution in [-0.2, 0) is 4.79 Å². The Bertz CT molecular complexity index is 275. The van der Waals surface area contributed by atoms with Crippen molar-refractivity contribution in [2.75, 3.05) is 19.6 Å². The minimum atomic E-state index is -0.141. The normalized spacial score (nSPS) is 23.2. The summed E-state index contributed by atoms with van der Waals surface area (Å²) in [6.45, 7) is 6.71. The first-order valence-electron chi connectivity index (χ1n) is 6.98. The summed E-state index contributed by atoms with van der Waals surface area (Å²) in [6.07, 6.45) is 3.96. The monoisotopic (exact) mass is 254 g/mol. The van der Waals surface area contributed by atoms with Gasteiger partial charge in [-0.1, -0.05) is 0 Å². The van der Waals surface area contributed by atoms with Gasteiger partial charge in [-0.15, -0.1) is 0 Å². The molecule has 1 aliphatic carbocycles. The number of hydrogen-bond acceptors (Lipinski definition) is 2. The minimum Gasteiger partial charge on any atom is -0.369 e. The van der Waals surface area contributed by atoms with E-state index in [9.17, 15) is 4.79 Å². The van der Waals surface area contributed by atoms with Crippen molar-refractivity contribution < 1.29 is 4.79 Å². The Hall–Kier alpha value is -1.26. The summed E-state index contributed by atoms with van der Waals surface area (Å²) in [5.41, 5.74) is 5.33. The van der Waals surface area contributed by atoms with Crippen LogP contribution in [0, 0.1) is 11.8 Å². The van der Waals surface area contributed by atoms with Crippen LogP contribution in [0.15, 0.2) is 4.99 Å². The Morgan fingerprint density at radius 1 is 1.17 bits per heavy atom. The molecule has 1 amide bonds. The summed E-state index contributed by atoms with van der Waals surface area (Å²) in [5, 5.41) is 6.43. The topological polar surface area (TPSA) is 79.5 Å². The van der Waals surface area contributed by atoms with Gasteiger partial charge in [0.2, 0.25) is 5.91 Å². The summed E-state index contributed by atoms with van der Waals surface area (Å²) in [7, 11) is 0. The quantitative estimate of drug-likeness (QED) is 0.503. The van der Waals surface area contributed by atoms with Crippen molar-refractivity contribution in [3.8, 4) is 0 Å². The van der Waals surface area contributed by atoms with Crippen LogP contribution >= 0.6 is 0 Å². The van der Waals surface area contributed by atoms with Gasteiger partial charge in [0.1, 0.15) is 0 Å². The molecule has 0 unspecified atom stereocenters. The molecule has 0 heterocycles. The second-order valence-electron chi connectivity index (χ2n) is 4.87. The predicted octanol–water partition coefficient (Wildman–Crippen LogP) is 0.853. The highest BCUT2D eigenvalue weighted by Crippen LogP contribution is 2.28. The summed E-state index contributed by atoms with van der Waals surface area (Å²) in [5.74, 6) is 1.43. The van der Waals surface area contributed by atoms with Gasteiger partial charge in [0, 0.05) is 25.6 Å². The lowest BCUT2D eigenvalue weighted by Crippen LogP contribution is -2.37. The van der Waals surface area contributed by atoms with Gasteiger partial charge in [-0.2, -0.15) is 0 Å². The van der Waals surface area contributed by atoms with Crippen LogP contribution in [0.2, 0.25) is 0 Å². The van der Waals surface area contributed by atoms with Crippen molar-refractivity contribution in [3.05, 3.63) is 0 Å². The van der Waals surface area contributed by atoms with E-state index in [-0.39, 0.29) is 11.8 Å². The Morgan fingerprint density at radius 3 is 2.17 bits per heavy atom. The van der Waals surface area contributed by atoms with E-state index in [1.165, 1.54) is 0 Å². The van der Waals surface area contributed by atoms with Gasteiger partial charge in [0.25, 0.3) is 0 Å². The maximum atomic E-state index is 11.1. The highest BCUT2D eigenvalue weighted by molar-refractivity contribution is 5.79. The highest BCUT2D eigenvalue weighted by Gasteiger charge is 2.24. The molecule has 4 N–H and O–H groups in total. The third-order valence-electron chi connectivity index (χ3n) is 3.45. The molecule has 0 spiro atoms. The number of nitrogens with zero attached hydrogens (tertiary/aromatic N) is 1. The first-order valence-corrected chi connectivity index (χ1v) is 6.98. The summed E-state index contributed by atoms with van der Waals surface area (Å²) in [4.78, 5) is 15.6. The van der Waals surface area contributed by atoms with Crippen molar-refractivity contribution >= 4 is 11.9 Å². The molecule has 0 atom stereocenters. The molecule has 1 rings (SSSR count). The maximum absolute atomic E-state index is 11.1. The van der Waals surface area contributed by atoms with E-state index in [1.807, 2.05) is 0 Å². The van der Waals surface area contributed by atoms with E-state index in [2.05, 4.69) is 29.5 Å². The molecular formula is C13H26N4O. The molecular weight excluding hydrogens is 228 g/mol. The standard InChI is InChI=1S/C13H26N4O/c1-3-15-13(16-4-2)17-9-10-5-7-11(8-6-10)12(14)18/h10-11H,3-9H2,1-2H3,(H2,14,18)(H2,15,16,17). The molecule has 1 saturated carbocycles. The van der Waals surface area contributed by atoms with Crippen LogP contribution in [0.4, 0.5) is 0 Å². The zero-order chi connectivity index (χ0) is 13.4. The third kappa shape index (κ3) is 4.94. The molecule has 0 aromatic rings. The van der Waals surface area contributed by atoms with Gasteiger partial charge in [0.15, 0.2) is 5.96 Å². The summed E-state index contributed by atoms with van der Waals surface area (Å²) in [6, 6.07) is 0. The van der Waals surface area contributed by atoms with Gasteiger partial charge >= 0.3 is 0 Å². The third-order valence-corrected chi connectivity index (χ3v) is 3.45. The number of primary amides is 1. The molecule has 5 heteroatoms. The lowest BCUT2D eigenvalue weighted by Gasteiger charge is -2.25. The smallest absolute Gasteiger partial charge is 0.220 e. The molecule has 18 heavy (non-hydrogen) atoms. The van der Waals surface area contributed by atoms with Crippen LogP contribution in [0.25, 0.3) is 0 Å². The van der Waals surface area contributed by atoms with Crippen molar-refractivity contribution in [2.24, 2.45) is 22.6 Å². The summed E-state index contributed by atoms with van der Waals surface area (Å²) < 4.78 is 0. The maximum Gasteiger partial charge on any atom is 0.220 e. The second-order valence-corrected chi connectivity index (χ2v) is 4.87. The minimum absolute atomic E-state index is 0.0900. The number of aliphatic imine (C=N–C) groups is 1. The van der Waals surface area contributed by atoms with Gasteiger partial charge in [-0.25, -0.2) is 0 Å². The predicted molar refractivity (Wildman–Crippen MR) is 74.3 cm³/mol. The zero-order valence-corrected chi connectivity index (χ0v) is 11.5. The Kier molecular flexibility index (Phi) is 6.54. The molecule has 0 bridgehead atoms. The highest BCUT2D eigenvalue weighted by atomic mass is 16.1. The van der Waals surface area contributed by atoms with Crippen LogP contribution in [0.5, 0.6) is 0 Å². The first kappa shape index (κ1) is 14.8. The Labute approximate surface area is 110 Å². The fourth-order valence-corrected chi connectivity index (χ4v) is 2.36. The van der Waals surface area contributed by atoms with Crippen molar-refractivity contribution in [1.29, 1.82) is 0 Å². The van der Waals surface area contributed by atoms with E-state index in [1.54, 1.807) is 0 Å². The molecule has 0 aromatic carbocycles. The van der Waals surface area contributed by atoms with Crippen molar-refractivity contribution in [3.63, 3.8) is 0 Å². The number of nitrogens with one attached hydrogen (secondary N) is 2. The first-order chi connectivity index (χ1) is 8.67. The van der Waals surface area contributed by atoms with Gasteiger partial charge < -0.3 is 16.4 Å². The van der Waals surface area contributed by atoms with Crippen molar-refractivity contribution in [2.45, 2.75) is 39.5 Å². The van der Waals surface area contributed by atoms with E-state index in [0.29, 0.717) is 5.92 Å². The molecule has 0 aliphatic heterocycles. The molecule has 0 radical (unpaired) electrons. The van der Waals surface area contributed by atoms with E-state index >= 15 is 0 Å². The molecule has 5 nitrogen and oxygen atoms in total. The molecule has 104 valence electrons. The number of nitrogens with two attached hydrogens (primary N) is 1. The van der Waals surface area contributed by atoms with Crippen LogP contribution in [-0.4, -0.2) is 31.5 Å². The Balaban J connectivity index is 2.35. The van der Waals surface area contributed by atoms with Crippen molar-refractivity contribution in [1.82, 2.24) is 10.6 Å². The largest absolute Gasteiger partial charge is 0.369 e.